The second-order valence-electron chi connectivity index (χ2n) is 3.44. The molecule has 0 spiro atoms. The Morgan fingerprint density at radius 2 is 2.31 bits per heavy atom. The summed E-state index contributed by atoms with van der Waals surface area (Å²) in [7, 11) is 0. The van der Waals surface area contributed by atoms with Crippen LogP contribution in [-0.4, -0.2) is 5.91 Å². The first-order chi connectivity index (χ1) is 7.67. The van der Waals surface area contributed by atoms with Crippen molar-refractivity contribution in [3.05, 3.63) is 41.5 Å². The standard InChI is InChI=1S/C13H14N2O/c1-3-5-10(2)13(16)15-12-7-4-6-11(8-12)9-14/h4-8H,3H2,1-2H3,(H,15,16). The molecule has 1 amide bonds. The Kier molecular flexibility index (Phi) is 4.28. The third-order valence-electron chi connectivity index (χ3n) is 2.12. The number of carbonyl (C=O) groups is 1. The third kappa shape index (κ3) is 3.25. The molecule has 3 nitrogen and oxygen atoms in total. The second-order valence-corrected chi connectivity index (χ2v) is 3.44. The van der Waals surface area contributed by atoms with Crippen molar-refractivity contribution in [3.8, 4) is 6.07 Å². The lowest BCUT2D eigenvalue weighted by Crippen LogP contribution is -2.12. The van der Waals surface area contributed by atoms with Gasteiger partial charge in [0.1, 0.15) is 0 Å². The summed E-state index contributed by atoms with van der Waals surface area (Å²) in [6, 6.07) is 8.88. The van der Waals surface area contributed by atoms with Gasteiger partial charge in [0.25, 0.3) is 5.91 Å². The van der Waals surface area contributed by atoms with Gasteiger partial charge in [-0.15, -0.1) is 0 Å². The molecule has 82 valence electrons. The first-order valence-corrected chi connectivity index (χ1v) is 5.15. The van der Waals surface area contributed by atoms with Crippen molar-refractivity contribution < 1.29 is 4.79 Å². The topological polar surface area (TPSA) is 52.9 Å². The van der Waals surface area contributed by atoms with Crippen LogP contribution in [0.2, 0.25) is 0 Å². The first-order valence-electron chi connectivity index (χ1n) is 5.15. The highest BCUT2D eigenvalue weighted by atomic mass is 16.1. The lowest BCUT2D eigenvalue weighted by atomic mass is 10.2. The Morgan fingerprint density at radius 3 is 2.94 bits per heavy atom. The van der Waals surface area contributed by atoms with E-state index in [-0.39, 0.29) is 5.91 Å². The summed E-state index contributed by atoms with van der Waals surface area (Å²) >= 11 is 0. The van der Waals surface area contributed by atoms with Gasteiger partial charge in [-0.1, -0.05) is 19.1 Å². The monoisotopic (exact) mass is 214 g/mol. The molecule has 0 atom stereocenters. The quantitative estimate of drug-likeness (QED) is 0.786. The molecule has 0 aliphatic carbocycles. The van der Waals surface area contributed by atoms with Crippen molar-refractivity contribution in [3.63, 3.8) is 0 Å². The highest BCUT2D eigenvalue weighted by molar-refractivity contribution is 6.03. The number of rotatable bonds is 3. The number of nitrogens with one attached hydrogen (secondary N) is 1. The van der Waals surface area contributed by atoms with E-state index in [0.717, 1.165) is 6.42 Å². The van der Waals surface area contributed by atoms with Crippen molar-refractivity contribution >= 4 is 11.6 Å². The molecule has 0 fully saturated rings. The Balaban J connectivity index is 2.78. The van der Waals surface area contributed by atoms with Crippen LogP contribution in [0.25, 0.3) is 0 Å². The maximum absolute atomic E-state index is 11.6. The van der Waals surface area contributed by atoms with Gasteiger partial charge in [-0.25, -0.2) is 0 Å². The van der Waals surface area contributed by atoms with Crippen LogP contribution in [0.3, 0.4) is 0 Å². The molecule has 0 aromatic heterocycles. The number of nitriles is 1. The molecule has 0 bridgehead atoms. The number of benzene rings is 1. The molecule has 0 heterocycles. The van der Waals surface area contributed by atoms with E-state index in [1.54, 1.807) is 31.2 Å². The van der Waals surface area contributed by atoms with E-state index < -0.39 is 0 Å². The normalized spacial score (nSPS) is 10.7. The van der Waals surface area contributed by atoms with Gasteiger partial charge in [-0.05, 0) is 31.5 Å². The average molecular weight is 214 g/mol. The van der Waals surface area contributed by atoms with Gasteiger partial charge in [0.15, 0.2) is 0 Å². The number of hydrogen-bond acceptors (Lipinski definition) is 2. The summed E-state index contributed by atoms with van der Waals surface area (Å²) in [6.07, 6.45) is 2.70. The highest BCUT2D eigenvalue weighted by Crippen LogP contribution is 2.11. The number of nitrogens with zero attached hydrogens (tertiary/aromatic N) is 1. The first kappa shape index (κ1) is 12.0. The molecular formula is C13H14N2O. The zero-order valence-corrected chi connectivity index (χ0v) is 9.45. The molecule has 3 heteroatoms. The van der Waals surface area contributed by atoms with Crippen molar-refractivity contribution in [1.29, 1.82) is 5.26 Å². The fraction of sp³-hybridized carbons (Fsp3) is 0.231. The van der Waals surface area contributed by atoms with Crippen LogP contribution >= 0.6 is 0 Å². The maximum Gasteiger partial charge on any atom is 0.250 e. The molecule has 1 aromatic carbocycles. The van der Waals surface area contributed by atoms with E-state index in [0.29, 0.717) is 16.8 Å². The predicted octanol–water partition coefficient (Wildman–Crippen LogP) is 2.85. The number of anilines is 1. The Bertz CT molecular complexity index is 455. The van der Waals surface area contributed by atoms with Crippen LogP contribution in [0.1, 0.15) is 25.8 Å². The summed E-state index contributed by atoms with van der Waals surface area (Å²) < 4.78 is 0. The van der Waals surface area contributed by atoms with E-state index in [4.69, 9.17) is 5.26 Å². The summed E-state index contributed by atoms with van der Waals surface area (Å²) in [5.74, 6) is -0.128. The SMILES string of the molecule is CCC=C(C)C(=O)Nc1cccc(C#N)c1. The van der Waals surface area contributed by atoms with Gasteiger partial charge in [0.2, 0.25) is 0 Å². The number of allylic oxidation sites excluding steroid dienone is 1. The number of carbonyl (C=O) groups excluding carboxylic acids is 1. The summed E-state index contributed by atoms with van der Waals surface area (Å²) in [4.78, 5) is 11.6. The summed E-state index contributed by atoms with van der Waals surface area (Å²) in [6.45, 7) is 3.75. The highest BCUT2D eigenvalue weighted by Gasteiger charge is 2.04. The van der Waals surface area contributed by atoms with Gasteiger partial charge in [-0.3, -0.25) is 4.79 Å². The van der Waals surface area contributed by atoms with Crippen LogP contribution in [0.4, 0.5) is 5.69 Å². The van der Waals surface area contributed by atoms with E-state index in [9.17, 15) is 4.79 Å². The second kappa shape index (κ2) is 5.72. The van der Waals surface area contributed by atoms with Crippen LogP contribution in [-0.2, 0) is 4.79 Å². The fourth-order valence-electron chi connectivity index (χ4n) is 1.30. The van der Waals surface area contributed by atoms with Gasteiger partial charge in [0.05, 0.1) is 11.6 Å². The average Bonchev–Trinajstić information content (AvgIpc) is 2.29. The minimum Gasteiger partial charge on any atom is -0.322 e. The third-order valence-corrected chi connectivity index (χ3v) is 2.12. The van der Waals surface area contributed by atoms with Crippen molar-refractivity contribution in [2.24, 2.45) is 0 Å². The molecule has 0 aliphatic heterocycles. The number of hydrogen-bond donors (Lipinski definition) is 1. The smallest absolute Gasteiger partial charge is 0.250 e. The fourth-order valence-corrected chi connectivity index (χ4v) is 1.30. The van der Waals surface area contributed by atoms with Gasteiger partial charge in [-0.2, -0.15) is 5.26 Å². The Labute approximate surface area is 95.4 Å². The van der Waals surface area contributed by atoms with Gasteiger partial charge < -0.3 is 5.32 Å². The maximum atomic E-state index is 11.6. The van der Waals surface area contributed by atoms with Gasteiger partial charge in [0, 0.05) is 11.3 Å². The van der Waals surface area contributed by atoms with Crippen LogP contribution in [0, 0.1) is 11.3 Å². The van der Waals surface area contributed by atoms with Crippen molar-refractivity contribution in [1.82, 2.24) is 0 Å². The molecule has 1 N–H and O–H groups in total. The molecule has 16 heavy (non-hydrogen) atoms. The van der Waals surface area contributed by atoms with E-state index in [2.05, 4.69) is 5.32 Å². The van der Waals surface area contributed by atoms with Crippen LogP contribution < -0.4 is 5.32 Å². The largest absolute Gasteiger partial charge is 0.322 e. The zero-order valence-electron chi connectivity index (χ0n) is 9.45. The zero-order chi connectivity index (χ0) is 12.0. The van der Waals surface area contributed by atoms with E-state index >= 15 is 0 Å². The van der Waals surface area contributed by atoms with E-state index in [1.165, 1.54) is 0 Å². The van der Waals surface area contributed by atoms with Crippen molar-refractivity contribution in [2.45, 2.75) is 20.3 Å². The minimum atomic E-state index is -0.128. The molecular weight excluding hydrogens is 200 g/mol. The lowest BCUT2D eigenvalue weighted by Gasteiger charge is -2.05. The van der Waals surface area contributed by atoms with Crippen LogP contribution in [0.15, 0.2) is 35.9 Å². The Hall–Kier alpha value is -2.08. The lowest BCUT2D eigenvalue weighted by molar-refractivity contribution is -0.112. The number of amides is 1. The van der Waals surface area contributed by atoms with Crippen molar-refractivity contribution in [2.75, 3.05) is 5.32 Å². The molecule has 1 aromatic rings. The molecule has 0 aliphatic rings. The molecule has 0 radical (unpaired) electrons. The molecule has 0 saturated carbocycles. The Morgan fingerprint density at radius 1 is 1.56 bits per heavy atom. The van der Waals surface area contributed by atoms with Gasteiger partial charge >= 0.3 is 0 Å². The summed E-state index contributed by atoms with van der Waals surface area (Å²) in [5.41, 5.74) is 1.87. The predicted molar refractivity (Wildman–Crippen MR) is 63.8 cm³/mol. The summed E-state index contributed by atoms with van der Waals surface area (Å²) in [5, 5.41) is 11.5. The molecule has 1 rings (SSSR count). The van der Waals surface area contributed by atoms with E-state index in [1.807, 2.05) is 19.1 Å². The minimum absolute atomic E-state index is 0.128. The molecule has 0 saturated heterocycles. The van der Waals surface area contributed by atoms with Crippen LogP contribution in [0.5, 0.6) is 0 Å². The molecule has 0 unspecified atom stereocenters.